The second-order valence-electron chi connectivity index (χ2n) is 7.28. The molecular formula is C22H17ClN2O3S. The smallest absolute Gasteiger partial charge is 0.335 e. The second kappa shape index (κ2) is 6.61. The fourth-order valence-electron chi connectivity index (χ4n) is 4.13. The Morgan fingerprint density at radius 1 is 1.14 bits per heavy atom. The van der Waals surface area contributed by atoms with E-state index in [1.165, 1.54) is 16.2 Å². The average Bonchev–Trinajstić information content (AvgIpc) is 3.24. The van der Waals surface area contributed by atoms with Crippen molar-refractivity contribution in [1.82, 2.24) is 4.90 Å². The first-order valence-corrected chi connectivity index (χ1v) is 10.5. The molecule has 2 atom stereocenters. The summed E-state index contributed by atoms with van der Waals surface area (Å²) < 4.78 is 6.31. The minimum atomic E-state index is -0.920. The first-order chi connectivity index (χ1) is 14.0. The number of anilines is 1. The van der Waals surface area contributed by atoms with Crippen LogP contribution in [0.1, 0.15) is 34.6 Å². The molecule has 5 nitrogen and oxygen atoms in total. The van der Waals surface area contributed by atoms with Gasteiger partial charge in [0.15, 0.2) is 5.72 Å². The van der Waals surface area contributed by atoms with Crippen LogP contribution in [0.25, 0.3) is 0 Å². The minimum Gasteiger partial charge on any atom is -0.467 e. The first-order valence-electron chi connectivity index (χ1n) is 9.23. The number of halogens is 1. The molecule has 0 N–H and O–H groups in total. The zero-order chi connectivity index (χ0) is 20.2. The van der Waals surface area contributed by atoms with Crippen LogP contribution >= 0.6 is 22.9 Å². The number of nitrogens with zero attached hydrogens (tertiary/aromatic N) is 2. The molecule has 0 saturated carbocycles. The Morgan fingerprint density at radius 3 is 2.62 bits per heavy atom. The quantitative estimate of drug-likeness (QED) is 0.528. The van der Waals surface area contributed by atoms with Crippen LogP contribution in [0.3, 0.4) is 0 Å². The Hall–Kier alpha value is -2.83. The van der Waals surface area contributed by atoms with Gasteiger partial charge in [0, 0.05) is 22.7 Å². The van der Waals surface area contributed by atoms with Crippen LogP contribution in [0.2, 0.25) is 5.02 Å². The van der Waals surface area contributed by atoms with Gasteiger partial charge in [-0.25, -0.2) is 4.79 Å². The summed E-state index contributed by atoms with van der Waals surface area (Å²) >= 11 is 7.37. The fourth-order valence-corrected chi connectivity index (χ4v) is 4.91. The van der Waals surface area contributed by atoms with E-state index in [0.29, 0.717) is 27.8 Å². The highest BCUT2D eigenvalue weighted by molar-refractivity contribution is 7.12. The number of benzene rings is 2. The van der Waals surface area contributed by atoms with Gasteiger partial charge in [-0.05, 0) is 48.7 Å². The lowest BCUT2D eigenvalue weighted by Crippen LogP contribution is -2.67. The van der Waals surface area contributed by atoms with Crippen molar-refractivity contribution < 1.29 is 14.3 Å². The third kappa shape index (κ3) is 2.82. The van der Waals surface area contributed by atoms with Crippen LogP contribution in [0.15, 0.2) is 66.0 Å². The predicted molar refractivity (Wildman–Crippen MR) is 113 cm³/mol. The molecule has 0 aliphatic carbocycles. The molecule has 29 heavy (non-hydrogen) atoms. The zero-order valence-corrected chi connectivity index (χ0v) is 17.1. The molecule has 0 spiro atoms. The number of carbonyl (C=O) groups is 2. The summed E-state index contributed by atoms with van der Waals surface area (Å²) in [5.41, 5.74) is 0.554. The Kier molecular flexibility index (Phi) is 4.15. The van der Waals surface area contributed by atoms with Crippen molar-refractivity contribution >= 4 is 40.6 Å². The van der Waals surface area contributed by atoms with Crippen LogP contribution in [0.4, 0.5) is 10.5 Å². The minimum absolute atomic E-state index is 0.298. The van der Waals surface area contributed by atoms with Crippen molar-refractivity contribution in [3.05, 3.63) is 81.5 Å². The molecule has 1 saturated heterocycles. The van der Waals surface area contributed by atoms with E-state index in [2.05, 4.69) is 0 Å². The normalized spacial score (nSPS) is 22.8. The van der Waals surface area contributed by atoms with Gasteiger partial charge in [0.1, 0.15) is 5.75 Å². The third-order valence-electron chi connectivity index (χ3n) is 5.40. The largest absolute Gasteiger partial charge is 0.467 e. The molecule has 1 aromatic heterocycles. The Bertz CT molecular complexity index is 1100. The van der Waals surface area contributed by atoms with Gasteiger partial charge in [0.2, 0.25) is 0 Å². The highest BCUT2D eigenvalue weighted by Crippen LogP contribution is 2.49. The summed E-state index contributed by atoms with van der Waals surface area (Å²) in [5, 5.41) is 2.41. The van der Waals surface area contributed by atoms with Gasteiger partial charge < -0.3 is 4.74 Å². The summed E-state index contributed by atoms with van der Waals surface area (Å²) in [4.78, 5) is 30.5. The zero-order valence-electron chi connectivity index (χ0n) is 15.5. The van der Waals surface area contributed by atoms with Crippen molar-refractivity contribution in [2.75, 3.05) is 4.90 Å². The summed E-state index contributed by atoms with van der Waals surface area (Å²) in [5.74, 6) is 0.384. The van der Waals surface area contributed by atoms with E-state index in [4.69, 9.17) is 16.3 Å². The molecule has 5 rings (SSSR count). The molecule has 0 radical (unpaired) electrons. The van der Waals surface area contributed by atoms with Crippen LogP contribution in [-0.2, 0) is 0 Å². The van der Waals surface area contributed by atoms with Gasteiger partial charge >= 0.3 is 6.03 Å². The van der Waals surface area contributed by atoms with Crippen molar-refractivity contribution in [2.24, 2.45) is 0 Å². The summed E-state index contributed by atoms with van der Waals surface area (Å²) in [6.07, 6.45) is 0.468. The van der Waals surface area contributed by atoms with Crippen LogP contribution < -0.4 is 9.64 Å². The lowest BCUT2D eigenvalue weighted by molar-refractivity contribution is 0.00284. The predicted octanol–water partition coefficient (Wildman–Crippen LogP) is 5.72. The first kappa shape index (κ1) is 18.2. The van der Waals surface area contributed by atoms with E-state index >= 15 is 0 Å². The molecule has 2 unspecified atom stereocenters. The van der Waals surface area contributed by atoms with E-state index in [-0.39, 0.29) is 5.91 Å². The number of carbonyl (C=O) groups excluding carboxylic acids is 2. The van der Waals surface area contributed by atoms with Gasteiger partial charge in [0.05, 0.1) is 10.9 Å². The number of hydrogen-bond acceptors (Lipinski definition) is 4. The molecule has 3 heterocycles. The Labute approximate surface area is 177 Å². The molecule has 2 aliphatic rings. The van der Waals surface area contributed by atoms with E-state index < -0.39 is 17.8 Å². The monoisotopic (exact) mass is 424 g/mol. The lowest BCUT2D eigenvalue weighted by Gasteiger charge is -2.53. The molecule has 7 heteroatoms. The van der Waals surface area contributed by atoms with Crippen molar-refractivity contribution in [3.63, 3.8) is 0 Å². The maximum atomic E-state index is 13.7. The van der Waals surface area contributed by atoms with Gasteiger partial charge in [-0.15, -0.1) is 11.3 Å². The number of hydrogen-bond donors (Lipinski definition) is 0. The van der Waals surface area contributed by atoms with Gasteiger partial charge in [0.25, 0.3) is 5.91 Å². The maximum Gasteiger partial charge on any atom is 0.335 e. The average molecular weight is 425 g/mol. The standard InChI is InChI=1S/C22H17ClN2O3S/c1-22-13-17(16-5-2-3-6-18(16)28-22)24(20(26)19-7-4-12-29-19)21(27)25(22)15-10-8-14(23)9-11-15/h2-12,17H,13H2,1H3. The molecule has 2 bridgehead atoms. The van der Waals surface area contributed by atoms with E-state index in [0.717, 1.165) is 5.56 Å². The number of amides is 3. The molecule has 3 aromatic rings. The summed E-state index contributed by atoms with van der Waals surface area (Å²) in [7, 11) is 0. The van der Waals surface area contributed by atoms with Crippen molar-refractivity contribution in [1.29, 1.82) is 0 Å². The summed E-state index contributed by atoms with van der Waals surface area (Å²) in [6.45, 7) is 1.88. The topological polar surface area (TPSA) is 49.9 Å². The van der Waals surface area contributed by atoms with E-state index in [1.807, 2.05) is 42.6 Å². The number of rotatable bonds is 2. The number of thiophene rings is 1. The Morgan fingerprint density at radius 2 is 1.90 bits per heavy atom. The highest BCUT2D eigenvalue weighted by Gasteiger charge is 2.55. The molecule has 146 valence electrons. The Balaban J connectivity index is 1.68. The third-order valence-corrected chi connectivity index (χ3v) is 6.51. The second-order valence-corrected chi connectivity index (χ2v) is 8.67. The highest BCUT2D eigenvalue weighted by atomic mass is 35.5. The van der Waals surface area contributed by atoms with E-state index in [9.17, 15) is 9.59 Å². The van der Waals surface area contributed by atoms with Gasteiger partial charge in [-0.2, -0.15) is 0 Å². The fraction of sp³-hybridized carbons (Fsp3) is 0.182. The summed E-state index contributed by atoms with van der Waals surface area (Å²) in [6, 6.07) is 17.3. The number of urea groups is 1. The van der Waals surface area contributed by atoms with Crippen molar-refractivity contribution in [2.45, 2.75) is 25.1 Å². The molecule has 2 aliphatic heterocycles. The molecule has 3 amide bonds. The van der Waals surface area contributed by atoms with Crippen LogP contribution in [-0.4, -0.2) is 22.6 Å². The molecule has 2 aromatic carbocycles. The lowest BCUT2D eigenvalue weighted by atomic mass is 9.88. The maximum absolute atomic E-state index is 13.7. The van der Waals surface area contributed by atoms with Crippen molar-refractivity contribution in [3.8, 4) is 5.75 Å². The van der Waals surface area contributed by atoms with E-state index in [1.54, 1.807) is 35.2 Å². The van der Waals surface area contributed by atoms with Gasteiger partial charge in [-0.1, -0.05) is 35.9 Å². The number of imide groups is 1. The van der Waals surface area contributed by atoms with Crippen LogP contribution in [0, 0.1) is 0 Å². The molecular weight excluding hydrogens is 408 g/mol. The van der Waals surface area contributed by atoms with Crippen LogP contribution in [0.5, 0.6) is 5.75 Å². The number of ether oxygens (including phenoxy) is 1. The van der Waals surface area contributed by atoms with Gasteiger partial charge in [-0.3, -0.25) is 14.6 Å². The molecule has 1 fully saturated rings. The number of fused-ring (bicyclic) bond motifs is 4. The number of para-hydroxylation sites is 1. The SMILES string of the molecule is CC12CC(c3ccccc3O1)N(C(=O)c1cccs1)C(=O)N2c1ccc(Cl)cc1.